The summed E-state index contributed by atoms with van der Waals surface area (Å²) in [5.74, 6) is 0. The first kappa shape index (κ1) is 13.8. The van der Waals surface area contributed by atoms with Gasteiger partial charge in [0.15, 0.2) is 0 Å². The number of fused-ring (bicyclic) bond motifs is 1. The minimum absolute atomic E-state index is 0.180. The molecule has 18 heavy (non-hydrogen) atoms. The lowest BCUT2D eigenvalue weighted by atomic mass is 9.85. The first-order chi connectivity index (χ1) is 8.43. The highest BCUT2D eigenvalue weighted by Gasteiger charge is 2.28. The molecule has 1 aromatic carbocycles. The van der Waals surface area contributed by atoms with Crippen molar-refractivity contribution in [1.82, 2.24) is 0 Å². The van der Waals surface area contributed by atoms with E-state index in [0.717, 1.165) is 19.6 Å². The van der Waals surface area contributed by atoms with E-state index in [1.807, 2.05) is 11.8 Å². The van der Waals surface area contributed by atoms with Gasteiger partial charge in [-0.25, -0.2) is 0 Å². The maximum atomic E-state index is 5.77. The van der Waals surface area contributed by atoms with Gasteiger partial charge < -0.3 is 10.6 Å². The van der Waals surface area contributed by atoms with Crippen LogP contribution in [0.3, 0.4) is 0 Å². The van der Waals surface area contributed by atoms with Crippen molar-refractivity contribution in [2.45, 2.75) is 43.3 Å². The molecule has 0 amide bonds. The van der Waals surface area contributed by atoms with Crippen molar-refractivity contribution < 1.29 is 0 Å². The molecule has 2 rings (SSSR count). The third kappa shape index (κ3) is 2.67. The van der Waals surface area contributed by atoms with Crippen LogP contribution in [0, 0.1) is 0 Å². The topological polar surface area (TPSA) is 29.3 Å². The number of benzene rings is 1. The lowest BCUT2D eigenvalue weighted by Crippen LogP contribution is -2.38. The third-order valence-corrected chi connectivity index (χ3v) is 4.46. The largest absolute Gasteiger partial charge is 0.368 e. The van der Waals surface area contributed by atoms with Crippen molar-refractivity contribution >= 4 is 17.4 Å². The average Bonchev–Trinajstić information content (AvgIpc) is 2.27. The van der Waals surface area contributed by atoms with Crippen LogP contribution in [0.4, 0.5) is 5.69 Å². The predicted molar refractivity (Wildman–Crippen MR) is 81.7 cm³/mol. The van der Waals surface area contributed by atoms with Gasteiger partial charge >= 0.3 is 0 Å². The summed E-state index contributed by atoms with van der Waals surface area (Å²) in [6.07, 6.45) is 0. The zero-order chi connectivity index (χ0) is 13.3. The van der Waals surface area contributed by atoms with Gasteiger partial charge in [0.25, 0.3) is 0 Å². The number of nitrogens with zero attached hydrogens (tertiary/aromatic N) is 1. The summed E-state index contributed by atoms with van der Waals surface area (Å²) in [4.78, 5) is 3.88. The summed E-state index contributed by atoms with van der Waals surface area (Å²) in [6, 6.07) is 6.69. The number of thioether (sulfide) groups is 1. The summed E-state index contributed by atoms with van der Waals surface area (Å²) in [6.45, 7) is 11.9. The standard InChI is InChI=1S/C15H24N2S/c1-11-10-17(9-8-16)14-12(15(2,3)4)6-5-7-13(14)18-11/h5-7,11H,8-10,16H2,1-4H3. The molecule has 0 radical (unpaired) electrons. The Balaban J connectivity index is 2.51. The van der Waals surface area contributed by atoms with Crippen LogP contribution in [0.5, 0.6) is 0 Å². The van der Waals surface area contributed by atoms with E-state index >= 15 is 0 Å². The number of rotatable bonds is 2. The number of nitrogens with two attached hydrogens (primary N) is 1. The van der Waals surface area contributed by atoms with Crippen LogP contribution in [-0.2, 0) is 5.41 Å². The van der Waals surface area contributed by atoms with Gasteiger partial charge in [0.05, 0.1) is 5.69 Å². The van der Waals surface area contributed by atoms with Gasteiger partial charge in [-0.3, -0.25) is 0 Å². The molecule has 100 valence electrons. The van der Waals surface area contributed by atoms with E-state index in [0.29, 0.717) is 5.25 Å². The Morgan fingerprint density at radius 3 is 2.72 bits per heavy atom. The monoisotopic (exact) mass is 264 g/mol. The molecule has 1 aliphatic rings. The molecule has 0 bridgehead atoms. The fourth-order valence-corrected chi connectivity index (χ4v) is 3.76. The molecular formula is C15H24N2S. The van der Waals surface area contributed by atoms with Crippen molar-refractivity contribution in [3.8, 4) is 0 Å². The van der Waals surface area contributed by atoms with E-state index in [1.165, 1.54) is 16.1 Å². The Morgan fingerprint density at radius 1 is 1.39 bits per heavy atom. The van der Waals surface area contributed by atoms with E-state index in [2.05, 4.69) is 50.8 Å². The van der Waals surface area contributed by atoms with Gasteiger partial charge in [0.1, 0.15) is 0 Å². The number of hydrogen-bond donors (Lipinski definition) is 1. The van der Waals surface area contributed by atoms with Crippen LogP contribution in [-0.4, -0.2) is 24.9 Å². The molecule has 1 aromatic rings. The van der Waals surface area contributed by atoms with E-state index in [1.54, 1.807) is 0 Å². The number of para-hydroxylation sites is 1. The zero-order valence-corrected chi connectivity index (χ0v) is 12.7. The van der Waals surface area contributed by atoms with Crippen molar-refractivity contribution in [3.05, 3.63) is 23.8 Å². The van der Waals surface area contributed by atoms with Crippen LogP contribution >= 0.6 is 11.8 Å². The Labute approximate surface area is 115 Å². The second-order valence-electron chi connectivity index (χ2n) is 6.07. The molecule has 2 nitrogen and oxygen atoms in total. The second-order valence-corrected chi connectivity index (χ2v) is 7.55. The van der Waals surface area contributed by atoms with Crippen LogP contribution < -0.4 is 10.6 Å². The lowest BCUT2D eigenvalue weighted by molar-refractivity contribution is 0.582. The Morgan fingerprint density at radius 2 is 2.11 bits per heavy atom. The Kier molecular flexibility index (Phi) is 3.93. The van der Waals surface area contributed by atoms with Gasteiger partial charge in [-0.05, 0) is 17.0 Å². The van der Waals surface area contributed by atoms with Crippen molar-refractivity contribution in [1.29, 1.82) is 0 Å². The van der Waals surface area contributed by atoms with Crippen LogP contribution in [0.1, 0.15) is 33.3 Å². The molecular weight excluding hydrogens is 240 g/mol. The molecule has 1 aliphatic heterocycles. The number of hydrogen-bond acceptors (Lipinski definition) is 3. The highest BCUT2D eigenvalue weighted by atomic mass is 32.2. The highest BCUT2D eigenvalue weighted by Crippen LogP contribution is 2.43. The summed E-state index contributed by atoms with van der Waals surface area (Å²) in [5.41, 5.74) is 8.81. The van der Waals surface area contributed by atoms with Crippen molar-refractivity contribution in [2.24, 2.45) is 5.73 Å². The van der Waals surface area contributed by atoms with E-state index in [4.69, 9.17) is 5.73 Å². The van der Waals surface area contributed by atoms with Crippen LogP contribution in [0.15, 0.2) is 23.1 Å². The van der Waals surface area contributed by atoms with Crippen molar-refractivity contribution in [3.63, 3.8) is 0 Å². The molecule has 0 aromatic heterocycles. The molecule has 0 spiro atoms. The molecule has 0 fully saturated rings. The lowest BCUT2D eigenvalue weighted by Gasteiger charge is -2.38. The van der Waals surface area contributed by atoms with Gasteiger partial charge in [0, 0.05) is 29.8 Å². The molecule has 0 saturated carbocycles. The summed E-state index contributed by atoms with van der Waals surface area (Å²) < 4.78 is 0. The maximum Gasteiger partial charge on any atom is 0.0543 e. The van der Waals surface area contributed by atoms with Gasteiger partial charge in [0.2, 0.25) is 0 Å². The predicted octanol–water partition coefficient (Wildman–Crippen LogP) is 3.24. The fourth-order valence-electron chi connectivity index (χ4n) is 2.56. The molecule has 0 saturated heterocycles. The molecule has 0 aliphatic carbocycles. The normalized spacial score (nSPS) is 19.8. The molecule has 3 heteroatoms. The SMILES string of the molecule is CC1CN(CCN)c2c(cccc2C(C)(C)C)S1. The summed E-state index contributed by atoms with van der Waals surface area (Å²) in [5, 5.41) is 0.638. The van der Waals surface area contributed by atoms with E-state index in [9.17, 15) is 0 Å². The molecule has 1 unspecified atom stereocenters. The third-order valence-electron chi connectivity index (χ3n) is 3.33. The summed E-state index contributed by atoms with van der Waals surface area (Å²) in [7, 11) is 0. The molecule has 1 atom stereocenters. The fraction of sp³-hybridized carbons (Fsp3) is 0.600. The summed E-state index contributed by atoms with van der Waals surface area (Å²) >= 11 is 1.99. The Hall–Kier alpha value is -0.670. The second kappa shape index (κ2) is 5.14. The Bertz CT molecular complexity index is 423. The maximum absolute atomic E-state index is 5.77. The van der Waals surface area contributed by atoms with Crippen LogP contribution in [0.2, 0.25) is 0 Å². The first-order valence-corrected chi connectivity index (χ1v) is 7.56. The van der Waals surface area contributed by atoms with Crippen LogP contribution in [0.25, 0.3) is 0 Å². The molecule has 2 N–H and O–H groups in total. The minimum atomic E-state index is 0.180. The number of anilines is 1. The minimum Gasteiger partial charge on any atom is -0.368 e. The quantitative estimate of drug-likeness (QED) is 0.889. The van der Waals surface area contributed by atoms with E-state index < -0.39 is 0 Å². The van der Waals surface area contributed by atoms with Crippen molar-refractivity contribution in [2.75, 3.05) is 24.5 Å². The van der Waals surface area contributed by atoms with Gasteiger partial charge in [-0.1, -0.05) is 39.8 Å². The smallest absolute Gasteiger partial charge is 0.0543 e. The van der Waals surface area contributed by atoms with Gasteiger partial charge in [-0.15, -0.1) is 11.8 Å². The average molecular weight is 264 g/mol. The highest BCUT2D eigenvalue weighted by molar-refractivity contribution is 8.00. The molecule has 1 heterocycles. The van der Waals surface area contributed by atoms with Gasteiger partial charge in [-0.2, -0.15) is 0 Å². The first-order valence-electron chi connectivity index (χ1n) is 6.68. The van der Waals surface area contributed by atoms with E-state index in [-0.39, 0.29) is 5.41 Å². The zero-order valence-electron chi connectivity index (χ0n) is 11.9.